The molecule has 0 atom stereocenters. The minimum Gasteiger partial charge on any atom is -0.384 e. The lowest BCUT2D eigenvalue weighted by Gasteiger charge is -2.30. The van der Waals surface area contributed by atoms with Gasteiger partial charge in [-0.15, -0.1) is 0 Å². The third kappa shape index (κ3) is 5.33. The number of aryl methyl sites for hydroxylation is 1. The number of hydrogen-bond donors (Lipinski definition) is 2. The van der Waals surface area contributed by atoms with Gasteiger partial charge in [-0.05, 0) is 34.1 Å². The van der Waals surface area contributed by atoms with Crippen molar-refractivity contribution < 1.29 is 0 Å². The molecule has 0 fully saturated rings. The highest BCUT2D eigenvalue weighted by molar-refractivity contribution is 5.44. The molecule has 20 heavy (non-hydrogen) atoms. The van der Waals surface area contributed by atoms with Crippen molar-refractivity contribution in [1.29, 1.82) is 0 Å². The Morgan fingerprint density at radius 1 is 1.20 bits per heavy atom. The Labute approximate surface area is 123 Å². The van der Waals surface area contributed by atoms with Crippen molar-refractivity contribution in [2.24, 2.45) is 0 Å². The zero-order chi connectivity index (χ0) is 15.1. The minimum atomic E-state index is 0.538. The van der Waals surface area contributed by atoms with E-state index in [4.69, 9.17) is 5.73 Å². The summed E-state index contributed by atoms with van der Waals surface area (Å²) in [5.74, 6) is 2.18. The topological polar surface area (TPSA) is 67.1 Å². The molecular weight excluding hydrogens is 250 g/mol. The van der Waals surface area contributed by atoms with Crippen LogP contribution in [0.2, 0.25) is 0 Å². The van der Waals surface area contributed by atoms with Crippen molar-refractivity contribution in [3.05, 3.63) is 11.9 Å². The van der Waals surface area contributed by atoms with Crippen LogP contribution in [-0.4, -0.2) is 40.0 Å². The highest BCUT2D eigenvalue weighted by Gasteiger charge is 2.12. The first kappa shape index (κ1) is 16.7. The molecule has 0 radical (unpaired) electrons. The lowest BCUT2D eigenvalue weighted by atomic mass is 10.2. The van der Waals surface area contributed by atoms with Crippen LogP contribution in [0.25, 0.3) is 0 Å². The molecule has 0 aliphatic carbocycles. The number of anilines is 2. The van der Waals surface area contributed by atoms with Gasteiger partial charge in [0, 0.05) is 37.7 Å². The number of nitrogen functional groups attached to an aromatic ring is 1. The van der Waals surface area contributed by atoms with Gasteiger partial charge in [-0.3, -0.25) is 4.90 Å². The van der Waals surface area contributed by atoms with Crippen LogP contribution in [0.5, 0.6) is 0 Å². The third-order valence-electron chi connectivity index (χ3n) is 3.27. The molecule has 1 aromatic rings. The van der Waals surface area contributed by atoms with E-state index >= 15 is 0 Å². The van der Waals surface area contributed by atoms with Gasteiger partial charge in [0.2, 0.25) is 0 Å². The third-order valence-corrected chi connectivity index (χ3v) is 3.27. The molecule has 0 saturated carbocycles. The zero-order valence-electron chi connectivity index (χ0n) is 13.5. The van der Waals surface area contributed by atoms with Gasteiger partial charge in [0.05, 0.1) is 0 Å². The van der Waals surface area contributed by atoms with Crippen molar-refractivity contribution in [1.82, 2.24) is 14.9 Å². The predicted molar refractivity (Wildman–Crippen MR) is 85.9 cm³/mol. The summed E-state index contributed by atoms with van der Waals surface area (Å²) in [5, 5.41) is 3.35. The molecule has 1 aromatic heterocycles. The second-order valence-corrected chi connectivity index (χ2v) is 5.70. The molecule has 5 nitrogen and oxygen atoms in total. The molecule has 0 bridgehead atoms. The number of nitrogens with one attached hydrogen (secondary N) is 1. The van der Waals surface area contributed by atoms with Crippen molar-refractivity contribution in [3.63, 3.8) is 0 Å². The van der Waals surface area contributed by atoms with E-state index in [0.29, 0.717) is 17.9 Å². The van der Waals surface area contributed by atoms with Crippen LogP contribution < -0.4 is 11.1 Å². The molecule has 0 aliphatic heterocycles. The summed E-state index contributed by atoms with van der Waals surface area (Å²) in [4.78, 5) is 11.2. The van der Waals surface area contributed by atoms with Gasteiger partial charge < -0.3 is 11.1 Å². The summed E-state index contributed by atoms with van der Waals surface area (Å²) < 4.78 is 0. The van der Waals surface area contributed by atoms with Gasteiger partial charge in [-0.2, -0.15) is 0 Å². The Morgan fingerprint density at radius 2 is 1.85 bits per heavy atom. The molecule has 0 aliphatic rings. The number of nitrogens with zero attached hydrogens (tertiary/aromatic N) is 3. The Kier molecular flexibility index (Phi) is 6.71. The van der Waals surface area contributed by atoms with E-state index in [1.807, 2.05) is 0 Å². The molecule has 1 heterocycles. The number of hydrogen-bond acceptors (Lipinski definition) is 5. The fourth-order valence-electron chi connectivity index (χ4n) is 2.37. The molecule has 0 saturated heterocycles. The Bertz CT molecular complexity index is 395. The quantitative estimate of drug-likeness (QED) is 0.765. The zero-order valence-corrected chi connectivity index (χ0v) is 13.5. The largest absolute Gasteiger partial charge is 0.384 e. The number of nitrogens with two attached hydrogens (primary N) is 1. The lowest BCUT2D eigenvalue weighted by molar-refractivity contribution is 0.182. The van der Waals surface area contributed by atoms with Gasteiger partial charge >= 0.3 is 0 Å². The van der Waals surface area contributed by atoms with E-state index < -0.39 is 0 Å². The van der Waals surface area contributed by atoms with Gasteiger partial charge in [0.1, 0.15) is 17.5 Å². The first-order valence-corrected chi connectivity index (χ1v) is 7.57. The van der Waals surface area contributed by atoms with Crippen LogP contribution in [0.1, 0.15) is 46.9 Å². The number of aromatic nitrogens is 2. The summed E-state index contributed by atoms with van der Waals surface area (Å²) in [5.41, 5.74) is 5.82. The second kappa shape index (κ2) is 8.04. The van der Waals surface area contributed by atoms with Crippen LogP contribution in [0.4, 0.5) is 11.6 Å². The molecule has 0 unspecified atom stereocenters. The molecule has 3 N–H and O–H groups in total. The van der Waals surface area contributed by atoms with Gasteiger partial charge in [-0.1, -0.05) is 6.92 Å². The van der Waals surface area contributed by atoms with E-state index in [9.17, 15) is 0 Å². The fourth-order valence-corrected chi connectivity index (χ4v) is 2.37. The predicted octanol–water partition coefficient (Wildman–Crippen LogP) is 2.54. The number of rotatable bonds is 8. The van der Waals surface area contributed by atoms with Crippen molar-refractivity contribution in [2.75, 3.05) is 24.1 Å². The van der Waals surface area contributed by atoms with E-state index in [2.05, 4.69) is 54.8 Å². The summed E-state index contributed by atoms with van der Waals surface area (Å²) in [6.45, 7) is 12.9. The van der Waals surface area contributed by atoms with Crippen LogP contribution >= 0.6 is 0 Å². The highest BCUT2D eigenvalue weighted by Crippen LogP contribution is 2.10. The van der Waals surface area contributed by atoms with E-state index in [1.165, 1.54) is 0 Å². The molecule has 0 aromatic carbocycles. The van der Waals surface area contributed by atoms with Gasteiger partial charge in [0.15, 0.2) is 0 Å². The van der Waals surface area contributed by atoms with Crippen molar-refractivity contribution in [3.8, 4) is 0 Å². The smallest absolute Gasteiger partial charge is 0.133 e. The van der Waals surface area contributed by atoms with Gasteiger partial charge in [-0.25, -0.2) is 9.97 Å². The maximum atomic E-state index is 5.82. The first-order valence-electron chi connectivity index (χ1n) is 7.57. The first-order chi connectivity index (χ1) is 9.43. The molecular formula is C15H29N5. The Balaban J connectivity index is 2.56. The minimum absolute atomic E-state index is 0.538. The van der Waals surface area contributed by atoms with Crippen molar-refractivity contribution in [2.45, 2.75) is 59.5 Å². The molecule has 0 amide bonds. The maximum absolute atomic E-state index is 5.82. The average molecular weight is 279 g/mol. The normalized spacial score (nSPS) is 11.6. The monoisotopic (exact) mass is 279 g/mol. The molecule has 1 rings (SSSR count). The Hall–Kier alpha value is -1.36. The highest BCUT2D eigenvalue weighted by atomic mass is 15.2. The van der Waals surface area contributed by atoms with Crippen molar-refractivity contribution >= 4 is 11.6 Å². The second-order valence-electron chi connectivity index (χ2n) is 5.70. The summed E-state index contributed by atoms with van der Waals surface area (Å²) in [6.07, 6.45) is 1.89. The lowest BCUT2D eigenvalue weighted by Crippen LogP contribution is -2.40. The summed E-state index contributed by atoms with van der Waals surface area (Å²) in [6, 6.07) is 2.89. The molecule has 5 heteroatoms. The average Bonchev–Trinajstić information content (AvgIpc) is 2.33. The standard InChI is InChI=1S/C15H29N5/c1-6-7-14-18-13(16)10-15(19-14)17-8-9-20(11(2)3)12(4)5/h10-12H,6-9H2,1-5H3,(H3,16,17,18,19). The van der Waals surface area contributed by atoms with Crippen LogP contribution in [0.3, 0.4) is 0 Å². The van der Waals surface area contributed by atoms with E-state index in [0.717, 1.165) is 37.6 Å². The van der Waals surface area contributed by atoms with Crippen LogP contribution in [0.15, 0.2) is 6.07 Å². The molecule has 0 spiro atoms. The van der Waals surface area contributed by atoms with E-state index in [1.54, 1.807) is 6.07 Å². The van der Waals surface area contributed by atoms with Crippen LogP contribution in [-0.2, 0) is 6.42 Å². The van der Waals surface area contributed by atoms with Crippen LogP contribution in [0, 0.1) is 0 Å². The summed E-state index contributed by atoms with van der Waals surface area (Å²) >= 11 is 0. The summed E-state index contributed by atoms with van der Waals surface area (Å²) in [7, 11) is 0. The maximum Gasteiger partial charge on any atom is 0.133 e. The van der Waals surface area contributed by atoms with Gasteiger partial charge in [0.25, 0.3) is 0 Å². The molecule has 114 valence electrons. The fraction of sp³-hybridized carbons (Fsp3) is 0.733. The van der Waals surface area contributed by atoms with E-state index in [-0.39, 0.29) is 0 Å². The SMILES string of the molecule is CCCc1nc(N)cc(NCCN(C(C)C)C(C)C)n1. The Morgan fingerprint density at radius 3 is 2.40 bits per heavy atom.